The van der Waals surface area contributed by atoms with Gasteiger partial charge in [-0.25, -0.2) is 4.39 Å². The molecule has 6 nitrogen and oxygen atoms in total. The van der Waals surface area contributed by atoms with Gasteiger partial charge in [-0.1, -0.05) is 39.4 Å². The summed E-state index contributed by atoms with van der Waals surface area (Å²) < 4.78 is 15.4. The molecule has 0 saturated heterocycles. The molecule has 2 aromatic heterocycles. The number of H-pyrrole nitrogens is 1. The first-order valence-corrected chi connectivity index (χ1v) is 10.2. The zero-order chi connectivity index (χ0) is 19.5. The highest BCUT2D eigenvalue weighted by Gasteiger charge is 2.14. The van der Waals surface area contributed by atoms with Crippen LogP contribution in [-0.4, -0.2) is 33.2 Å². The number of halogens is 2. The molecular weight excluding hydrogens is 443 g/mol. The van der Waals surface area contributed by atoms with Gasteiger partial charge in [0.1, 0.15) is 5.82 Å². The molecule has 0 radical (unpaired) electrons. The van der Waals surface area contributed by atoms with Crippen molar-refractivity contribution in [3.63, 3.8) is 0 Å². The largest absolute Gasteiger partial charge is 0.359 e. The van der Waals surface area contributed by atoms with Crippen molar-refractivity contribution in [2.75, 3.05) is 11.9 Å². The maximum Gasteiger partial charge on any atom is 0.206 e. The molecular formula is C19H16BrFN6S. The summed E-state index contributed by atoms with van der Waals surface area (Å²) in [6.45, 7) is 0.553. The second kappa shape index (κ2) is 8.15. The smallest absolute Gasteiger partial charge is 0.206 e. The minimum atomic E-state index is -0.368. The Labute approximate surface area is 172 Å². The number of hydrogen-bond acceptors (Lipinski definition) is 6. The van der Waals surface area contributed by atoms with Crippen LogP contribution in [0.2, 0.25) is 0 Å². The molecule has 4 aromatic rings. The van der Waals surface area contributed by atoms with E-state index in [0.29, 0.717) is 27.8 Å². The van der Waals surface area contributed by atoms with Gasteiger partial charge in [-0.3, -0.25) is 5.10 Å². The Morgan fingerprint density at radius 3 is 2.86 bits per heavy atom. The van der Waals surface area contributed by atoms with E-state index in [1.165, 1.54) is 23.6 Å². The quantitative estimate of drug-likeness (QED) is 0.343. The summed E-state index contributed by atoms with van der Waals surface area (Å²) in [5.74, 6) is -0.348. The summed E-state index contributed by atoms with van der Waals surface area (Å²) in [7, 11) is 0. The van der Waals surface area contributed by atoms with Gasteiger partial charge in [-0.05, 0) is 30.2 Å². The molecule has 1 unspecified atom stereocenters. The second-order valence-corrected chi connectivity index (χ2v) is 8.23. The van der Waals surface area contributed by atoms with E-state index in [2.05, 4.69) is 41.6 Å². The number of benzene rings is 2. The summed E-state index contributed by atoms with van der Waals surface area (Å²) in [5, 5.41) is 27.7. The van der Waals surface area contributed by atoms with Crippen molar-refractivity contribution < 1.29 is 4.39 Å². The lowest BCUT2D eigenvalue weighted by Gasteiger charge is -2.12. The van der Waals surface area contributed by atoms with E-state index in [0.717, 1.165) is 21.8 Å². The van der Waals surface area contributed by atoms with E-state index in [4.69, 9.17) is 5.41 Å². The van der Waals surface area contributed by atoms with Crippen LogP contribution >= 0.6 is 27.3 Å². The van der Waals surface area contributed by atoms with E-state index in [-0.39, 0.29) is 11.7 Å². The summed E-state index contributed by atoms with van der Waals surface area (Å²) in [6, 6.07) is 11.2. The molecule has 28 heavy (non-hydrogen) atoms. The van der Waals surface area contributed by atoms with Crippen molar-refractivity contribution >= 4 is 49.5 Å². The Hall–Kier alpha value is -2.65. The van der Waals surface area contributed by atoms with Crippen LogP contribution in [0.15, 0.2) is 47.1 Å². The second-order valence-electron chi connectivity index (χ2n) is 6.34. The number of aromatic amines is 1. The van der Waals surface area contributed by atoms with E-state index in [9.17, 15) is 4.39 Å². The minimum Gasteiger partial charge on any atom is -0.359 e. The lowest BCUT2D eigenvalue weighted by molar-refractivity contribution is 0.632. The summed E-state index contributed by atoms with van der Waals surface area (Å²) in [4.78, 5) is 0. The molecule has 1 atom stereocenters. The minimum absolute atomic E-state index is 0.0209. The fourth-order valence-corrected chi connectivity index (χ4v) is 3.90. The zero-order valence-corrected chi connectivity index (χ0v) is 17.0. The first-order valence-electron chi connectivity index (χ1n) is 8.58. The number of anilines is 1. The topological polar surface area (TPSA) is 90.3 Å². The van der Waals surface area contributed by atoms with Gasteiger partial charge in [-0.15, -0.1) is 10.2 Å². The van der Waals surface area contributed by atoms with Crippen LogP contribution in [0.25, 0.3) is 21.5 Å². The molecule has 0 aliphatic carbocycles. The Morgan fingerprint density at radius 1 is 1.25 bits per heavy atom. The molecule has 2 aromatic carbocycles. The number of rotatable bonds is 7. The van der Waals surface area contributed by atoms with Crippen molar-refractivity contribution in [3.8, 4) is 10.6 Å². The lowest BCUT2D eigenvalue weighted by atomic mass is 10.0. The molecule has 0 bridgehead atoms. The summed E-state index contributed by atoms with van der Waals surface area (Å²) in [5.41, 5.74) is 2.20. The zero-order valence-electron chi connectivity index (χ0n) is 14.6. The number of fused-ring (bicyclic) bond motifs is 1. The molecule has 0 aliphatic rings. The van der Waals surface area contributed by atoms with Crippen molar-refractivity contribution in [3.05, 3.63) is 58.4 Å². The molecule has 9 heteroatoms. The number of nitrogens with zero attached hydrogens (tertiary/aromatic N) is 3. The van der Waals surface area contributed by atoms with Crippen LogP contribution in [0, 0.1) is 17.1 Å². The first kappa shape index (κ1) is 18.7. The average molecular weight is 459 g/mol. The SMILES string of the molecule is N=CC(CNc1nnc(-c2cc3cn[nH]c3cc2F)s1)Cc1ccc(Br)cc1. The molecule has 0 aliphatic heterocycles. The molecule has 0 fully saturated rings. The predicted molar refractivity (Wildman–Crippen MR) is 114 cm³/mol. The molecule has 142 valence electrons. The van der Waals surface area contributed by atoms with Crippen molar-refractivity contribution in [1.82, 2.24) is 20.4 Å². The highest BCUT2D eigenvalue weighted by atomic mass is 79.9. The van der Waals surface area contributed by atoms with E-state index in [1.807, 2.05) is 24.3 Å². The average Bonchev–Trinajstić information content (AvgIpc) is 3.34. The maximum atomic E-state index is 14.4. The third-order valence-electron chi connectivity index (χ3n) is 4.35. The third kappa shape index (κ3) is 4.10. The van der Waals surface area contributed by atoms with Gasteiger partial charge in [-0.2, -0.15) is 5.10 Å². The van der Waals surface area contributed by atoms with Crippen LogP contribution < -0.4 is 5.32 Å². The fourth-order valence-electron chi connectivity index (χ4n) is 2.86. The fraction of sp³-hybridized carbons (Fsp3) is 0.158. The predicted octanol–water partition coefficient (Wildman–Crippen LogP) is 4.90. The van der Waals surface area contributed by atoms with Gasteiger partial charge >= 0.3 is 0 Å². The Bertz CT molecular complexity index is 1110. The molecule has 2 heterocycles. The highest BCUT2D eigenvalue weighted by Crippen LogP contribution is 2.31. The first-order chi connectivity index (χ1) is 13.6. The molecule has 0 spiro atoms. The van der Waals surface area contributed by atoms with Crippen molar-refractivity contribution in [1.29, 1.82) is 5.41 Å². The molecule has 4 rings (SSSR count). The third-order valence-corrected chi connectivity index (χ3v) is 5.79. The van der Waals surface area contributed by atoms with Gasteiger partial charge in [0.15, 0.2) is 5.01 Å². The summed E-state index contributed by atoms with van der Waals surface area (Å²) in [6.07, 6.45) is 3.83. The van der Waals surface area contributed by atoms with E-state index >= 15 is 0 Å². The molecule has 0 amide bonds. The van der Waals surface area contributed by atoms with Crippen molar-refractivity contribution in [2.24, 2.45) is 5.92 Å². The van der Waals surface area contributed by atoms with Crippen LogP contribution in [-0.2, 0) is 6.42 Å². The van der Waals surface area contributed by atoms with Gasteiger partial charge in [0.05, 0.1) is 11.7 Å². The van der Waals surface area contributed by atoms with E-state index < -0.39 is 0 Å². The maximum absolute atomic E-state index is 14.4. The van der Waals surface area contributed by atoms with Crippen LogP contribution in [0.1, 0.15) is 5.56 Å². The Balaban J connectivity index is 1.44. The summed E-state index contributed by atoms with van der Waals surface area (Å²) >= 11 is 4.71. The number of hydrogen-bond donors (Lipinski definition) is 3. The van der Waals surface area contributed by atoms with Gasteiger partial charge < -0.3 is 10.7 Å². The van der Waals surface area contributed by atoms with Gasteiger partial charge in [0.25, 0.3) is 0 Å². The van der Waals surface area contributed by atoms with Crippen LogP contribution in [0.3, 0.4) is 0 Å². The van der Waals surface area contributed by atoms with Crippen LogP contribution in [0.4, 0.5) is 9.52 Å². The number of aromatic nitrogens is 4. The van der Waals surface area contributed by atoms with Gasteiger partial charge in [0, 0.05) is 40.2 Å². The monoisotopic (exact) mass is 458 g/mol. The van der Waals surface area contributed by atoms with Crippen molar-refractivity contribution in [2.45, 2.75) is 6.42 Å². The van der Waals surface area contributed by atoms with E-state index in [1.54, 1.807) is 12.3 Å². The Morgan fingerprint density at radius 2 is 2.07 bits per heavy atom. The lowest BCUT2D eigenvalue weighted by Crippen LogP contribution is -2.17. The van der Waals surface area contributed by atoms with Gasteiger partial charge in [0.2, 0.25) is 5.13 Å². The highest BCUT2D eigenvalue weighted by molar-refractivity contribution is 9.10. The molecule has 3 N–H and O–H groups in total. The standard InChI is InChI=1S/C19H16BrFN6S/c20-14-3-1-11(2-4-14)5-12(8-22)9-23-19-27-26-18(28-19)15-6-13-10-24-25-17(13)7-16(15)21/h1-4,6-8,10,12,22H,5,9H2,(H,23,27)(H,24,25). The molecule has 0 saturated carbocycles. The Kier molecular flexibility index (Phi) is 5.45. The normalized spacial score (nSPS) is 12.2. The van der Waals surface area contributed by atoms with Crippen LogP contribution in [0.5, 0.6) is 0 Å². The number of nitrogens with one attached hydrogen (secondary N) is 3.